The van der Waals surface area contributed by atoms with Crippen LogP contribution in [0, 0.1) is 0 Å². The van der Waals surface area contributed by atoms with E-state index in [9.17, 15) is 0 Å². The van der Waals surface area contributed by atoms with Crippen LogP contribution in [-0.2, 0) is 0 Å². The quantitative estimate of drug-likeness (QED) is 0.159. The average molecular weight is 703 g/mol. The molecule has 10 aromatic rings. The van der Waals surface area contributed by atoms with Crippen LogP contribution in [-0.4, -0.2) is 0 Å². The van der Waals surface area contributed by atoms with Crippen molar-refractivity contribution in [3.05, 3.63) is 193 Å². The number of benzene rings is 9. The Bertz CT molecular complexity index is 2910. The summed E-state index contributed by atoms with van der Waals surface area (Å²) < 4.78 is 2.57. The van der Waals surface area contributed by atoms with Crippen LogP contribution in [0.25, 0.3) is 52.5 Å². The minimum Gasteiger partial charge on any atom is -0.310 e. The second-order valence-corrected chi connectivity index (χ2v) is 14.6. The zero-order valence-corrected chi connectivity index (χ0v) is 29.7. The second-order valence-electron chi connectivity index (χ2n) is 13.1. The second kappa shape index (κ2) is 12.6. The first-order chi connectivity index (χ1) is 25.7. The number of rotatable bonds is 6. The molecule has 2 nitrogen and oxygen atoms in total. The standard InChI is InChI=1S/C48H31ClN2S/c49-32-12-10-15-34(28-32)51(38-25-27-48-46(31-38)44-22-8-9-23-47(44)52-48)36-17-11-16-35(29-36)50(33-13-2-1-3-14-33)37-24-26-43-41-20-5-4-18-39(41)40-19-6-7-21-42(40)45(43)30-37/h1-31H. The van der Waals surface area contributed by atoms with Crippen LogP contribution in [0.1, 0.15) is 0 Å². The first-order valence-corrected chi connectivity index (χ1v) is 18.6. The topological polar surface area (TPSA) is 6.48 Å². The van der Waals surface area contributed by atoms with E-state index in [-0.39, 0.29) is 0 Å². The van der Waals surface area contributed by atoms with Gasteiger partial charge in [-0.1, -0.05) is 115 Å². The minimum absolute atomic E-state index is 0.697. The Kier molecular flexibility index (Phi) is 7.42. The fraction of sp³-hybridized carbons (Fsp3) is 0. The maximum Gasteiger partial charge on any atom is 0.0482 e. The van der Waals surface area contributed by atoms with Gasteiger partial charge in [0.25, 0.3) is 0 Å². The molecule has 0 aliphatic carbocycles. The summed E-state index contributed by atoms with van der Waals surface area (Å²) in [6.07, 6.45) is 0. The summed E-state index contributed by atoms with van der Waals surface area (Å²) >= 11 is 8.49. The van der Waals surface area contributed by atoms with E-state index in [1.54, 1.807) is 0 Å². The molecule has 0 amide bonds. The number of thiophene rings is 1. The van der Waals surface area contributed by atoms with Gasteiger partial charge in [-0.05, 0) is 117 Å². The zero-order valence-electron chi connectivity index (χ0n) is 28.1. The molecule has 246 valence electrons. The van der Waals surface area contributed by atoms with E-state index in [0.717, 1.165) is 34.1 Å². The molecule has 9 aromatic carbocycles. The van der Waals surface area contributed by atoms with Crippen LogP contribution in [0.2, 0.25) is 5.02 Å². The van der Waals surface area contributed by atoms with Crippen LogP contribution in [0.5, 0.6) is 0 Å². The van der Waals surface area contributed by atoms with Gasteiger partial charge in [-0.2, -0.15) is 0 Å². The Labute approximate surface area is 311 Å². The molecule has 0 N–H and O–H groups in total. The Balaban J connectivity index is 1.18. The van der Waals surface area contributed by atoms with Gasteiger partial charge in [0.2, 0.25) is 0 Å². The lowest BCUT2D eigenvalue weighted by atomic mass is 9.94. The predicted molar refractivity (Wildman–Crippen MR) is 226 cm³/mol. The monoisotopic (exact) mass is 702 g/mol. The number of nitrogens with zero attached hydrogens (tertiary/aromatic N) is 2. The highest BCUT2D eigenvalue weighted by Crippen LogP contribution is 2.45. The smallest absolute Gasteiger partial charge is 0.0482 e. The average Bonchev–Trinajstić information content (AvgIpc) is 3.57. The van der Waals surface area contributed by atoms with E-state index in [4.69, 9.17) is 11.6 Å². The molecule has 0 saturated carbocycles. The summed E-state index contributed by atoms with van der Waals surface area (Å²) in [5.74, 6) is 0. The maximum atomic E-state index is 6.65. The number of hydrogen-bond acceptors (Lipinski definition) is 3. The maximum absolute atomic E-state index is 6.65. The lowest BCUT2D eigenvalue weighted by Crippen LogP contribution is -2.13. The van der Waals surface area contributed by atoms with Crippen LogP contribution in [0.15, 0.2) is 188 Å². The van der Waals surface area contributed by atoms with Crippen molar-refractivity contribution in [2.75, 3.05) is 9.80 Å². The van der Waals surface area contributed by atoms with Gasteiger partial charge in [-0.3, -0.25) is 0 Å². The van der Waals surface area contributed by atoms with Crippen molar-refractivity contribution >= 4 is 110 Å². The van der Waals surface area contributed by atoms with Crippen LogP contribution < -0.4 is 9.80 Å². The number of halogens is 1. The highest BCUT2D eigenvalue weighted by Gasteiger charge is 2.19. The van der Waals surface area contributed by atoms with Crippen LogP contribution in [0.4, 0.5) is 34.1 Å². The summed E-state index contributed by atoms with van der Waals surface area (Å²) in [5.41, 5.74) is 6.35. The summed E-state index contributed by atoms with van der Waals surface area (Å²) in [7, 11) is 0. The third-order valence-electron chi connectivity index (χ3n) is 10.0. The summed E-state index contributed by atoms with van der Waals surface area (Å²) in [5, 5.41) is 10.8. The van der Waals surface area contributed by atoms with E-state index < -0.39 is 0 Å². The molecule has 0 spiro atoms. The first-order valence-electron chi connectivity index (χ1n) is 17.5. The molecule has 0 aliphatic heterocycles. The van der Waals surface area contributed by atoms with Gasteiger partial charge in [-0.25, -0.2) is 0 Å². The van der Waals surface area contributed by atoms with Gasteiger partial charge in [0.15, 0.2) is 0 Å². The normalized spacial score (nSPS) is 11.6. The molecule has 0 aliphatic rings. The number of hydrogen-bond donors (Lipinski definition) is 0. The molecule has 1 aromatic heterocycles. The number of anilines is 6. The van der Waals surface area contributed by atoms with Crippen molar-refractivity contribution in [3.8, 4) is 0 Å². The van der Waals surface area contributed by atoms with Gasteiger partial charge in [0, 0.05) is 59.3 Å². The van der Waals surface area contributed by atoms with Gasteiger partial charge in [0.05, 0.1) is 0 Å². The molecule has 0 bridgehead atoms. The zero-order chi connectivity index (χ0) is 34.6. The van der Waals surface area contributed by atoms with E-state index in [1.807, 2.05) is 29.5 Å². The molecule has 52 heavy (non-hydrogen) atoms. The molecule has 0 saturated heterocycles. The van der Waals surface area contributed by atoms with Gasteiger partial charge in [0.1, 0.15) is 0 Å². The molecule has 4 heteroatoms. The van der Waals surface area contributed by atoms with Crippen molar-refractivity contribution in [3.63, 3.8) is 0 Å². The van der Waals surface area contributed by atoms with Crippen LogP contribution >= 0.6 is 22.9 Å². The summed E-state index contributed by atoms with van der Waals surface area (Å²) in [6.45, 7) is 0. The Morgan fingerprint density at radius 3 is 1.40 bits per heavy atom. The third-order valence-corrected chi connectivity index (χ3v) is 11.4. The van der Waals surface area contributed by atoms with Crippen molar-refractivity contribution < 1.29 is 0 Å². The number of fused-ring (bicyclic) bond motifs is 9. The SMILES string of the molecule is Clc1cccc(N(c2cccc(N(c3ccccc3)c3ccc4c5ccccc5c5ccccc5c4c3)c2)c2ccc3sc4ccccc4c3c2)c1. The summed E-state index contributed by atoms with van der Waals surface area (Å²) in [6, 6.07) is 67.4. The first kappa shape index (κ1) is 30.7. The largest absolute Gasteiger partial charge is 0.310 e. The van der Waals surface area contributed by atoms with E-state index in [2.05, 4.69) is 180 Å². The lowest BCUT2D eigenvalue weighted by molar-refractivity contribution is 1.25. The molecule has 10 rings (SSSR count). The van der Waals surface area contributed by atoms with Crippen molar-refractivity contribution in [2.24, 2.45) is 0 Å². The van der Waals surface area contributed by atoms with Crippen molar-refractivity contribution in [1.82, 2.24) is 0 Å². The Morgan fingerprint density at radius 2 is 0.731 bits per heavy atom. The number of para-hydroxylation sites is 1. The van der Waals surface area contributed by atoms with E-state index >= 15 is 0 Å². The lowest BCUT2D eigenvalue weighted by Gasteiger charge is -2.29. The van der Waals surface area contributed by atoms with Crippen LogP contribution in [0.3, 0.4) is 0 Å². The fourth-order valence-corrected chi connectivity index (χ4v) is 9.02. The van der Waals surface area contributed by atoms with E-state index in [1.165, 1.54) is 52.5 Å². The molecular weight excluding hydrogens is 672 g/mol. The molecule has 1 heterocycles. The Hall–Kier alpha value is -6.13. The van der Waals surface area contributed by atoms with Gasteiger partial charge in [-0.15, -0.1) is 11.3 Å². The summed E-state index contributed by atoms with van der Waals surface area (Å²) in [4.78, 5) is 4.67. The van der Waals surface area contributed by atoms with Gasteiger partial charge < -0.3 is 9.80 Å². The third kappa shape index (κ3) is 5.17. The van der Waals surface area contributed by atoms with Crippen molar-refractivity contribution in [2.45, 2.75) is 0 Å². The van der Waals surface area contributed by atoms with Gasteiger partial charge >= 0.3 is 0 Å². The Morgan fingerprint density at radius 1 is 0.288 bits per heavy atom. The highest BCUT2D eigenvalue weighted by atomic mass is 35.5. The van der Waals surface area contributed by atoms with Crippen molar-refractivity contribution in [1.29, 1.82) is 0 Å². The molecule has 0 radical (unpaired) electrons. The predicted octanol–water partition coefficient (Wildman–Crippen LogP) is 15.1. The molecule has 0 unspecified atom stereocenters. The molecule has 0 atom stereocenters. The fourth-order valence-electron chi connectivity index (χ4n) is 7.75. The highest BCUT2D eigenvalue weighted by molar-refractivity contribution is 7.25. The molecule has 0 fully saturated rings. The minimum atomic E-state index is 0.697. The van der Waals surface area contributed by atoms with E-state index in [0.29, 0.717) is 5.02 Å². The molecular formula is C48H31ClN2S.